The van der Waals surface area contributed by atoms with E-state index in [1.165, 1.54) is 22.7 Å². The first kappa shape index (κ1) is 36.2. The molecule has 0 radical (unpaired) electrons. The van der Waals surface area contributed by atoms with E-state index in [4.69, 9.17) is 20.2 Å². The van der Waals surface area contributed by atoms with E-state index >= 15 is 0 Å². The number of fused-ring (bicyclic) bond motifs is 1. The van der Waals surface area contributed by atoms with Crippen molar-refractivity contribution in [3.05, 3.63) is 64.2 Å². The van der Waals surface area contributed by atoms with Gasteiger partial charge in [-0.3, -0.25) is 19.4 Å². The Balaban J connectivity index is 1.29. The van der Waals surface area contributed by atoms with E-state index in [2.05, 4.69) is 27.3 Å². The molecule has 6 rings (SSSR count). The van der Waals surface area contributed by atoms with Crippen LogP contribution in [0.3, 0.4) is 0 Å². The molecule has 0 spiro atoms. The minimum atomic E-state index is -4.63. The molecule has 0 bridgehead atoms. The second-order valence-electron chi connectivity index (χ2n) is 13.6. The molecule has 12 nitrogen and oxygen atoms in total. The summed E-state index contributed by atoms with van der Waals surface area (Å²) in [6.07, 6.45) is -0.416. The number of piperidine rings is 1. The SMILES string of the molecule is C[C@H]1CCCN(Cc2cc3c(c(C(F)(F)F)c2)CN(c2cc(C4(Cc5nncn5C)COC4)cc(SCCOCNC(=O)[C@H](C)N)n2)C3=O)C1. The van der Waals surface area contributed by atoms with Crippen molar-refractivity contribution in [3.8, 4) is 0 Å². The van der Waals surface area contributed by atoms with Crippen LogP contribution in [0.5, 0.6) is 0 Å². The summed E-state index contributed by atoms with van der Waals surface area (Å²) in [7, 11) is 1.86. The molecule has 3 N–H and O–H groups in total. The summed E-state index contributed by atoms with van der Waals surface area (Å²) < 4.78 is 56.7. The Morgan fingerprint density at radius 2 is 2.06 bits per heavy atom. The predicted octanol–water partition coefficient (Wildman–Crippen LogP) is 3.66. The average Bonchev–Trinajstić information content (AvgIpc) is 3.61. The molecule has 2 saturated heterocycles. The zero-order valence-electron chi connectivity index (χ0n) is 28.5. The number of halogens is 3. The third-order valence-corrected chi connectivity index (χ3v) is 10.4. The Morgan fingerprint density at radius 1 is 1.26 bits per heavy atom. The highest BCUT2D eigenvalue weighted by molar-refractivity contribution is 7.99. The summed E-state index contributed by atoms with van der Waals surface area (Å²) in [5.41, 5.74) is 5.62. The number of benzene rings is 1. The number of amides is 2. The number of thioether (sulfide) groups is 1. The van der Waals surface area contributed by atoms with Gasteiger partial charge in [0.05, 0.1) is 43.0 Å². The number of carbonyl (C=O) groups is 2. The van der Waals surface area contributed by atoms with Crippen LogP contribution in [-0.4, -0.2) is 87.9 Å². The van der Waals surface area contributed by atoms with Crippen molar-refractivity contribution in [1.82, 2.24) is 30.0 Å². The van der Waals surface area contributed by atoms with Gasteiger partial charge < -0.3 is 25.1 Å². The minimum Gasteiger partial charge on any atom is -0.379 e. The molecule has 3 aliphatic rings. The first-order chi connectivity index (χ1) is 23.8. The zero-order valence-corrected chi connectivity index (χ0v) is 29.3. The molecule has 5 heterocycles. The van der Waals surface area contributed by atoms with Gasteiger partial charge in [-0.15, -0.1) is 22.0 Å². The van der Waals surface area contributed by atoms with Gasteiger partial charge in [-0.05, 0) is 73.2 Å². The molecule has 50 heavy (non-hydrogen) atoms. The molecule has 0 aliphatic carbocycles. The average molecular weight is 717 g/mol. The number of alkyl halides is 3. The fourth-order valence-corrected chi connectivity index (χ4v) is 7.52. The van der Waals surface area contributed by atoms with Gasteiger partial charge in [-0.2, -0.15) is 13.2 Å². The molecular formula is C34H43F3N8O4S. The maximum atomic E-state index is 14.6. The summed E-state index contributed by atoms with van der Waals surface area (Å²) in [5, 5.41) is 11.4. The fraction of sp³-hybridized carbons (Fsp3) is 0.559. The molecule has 1 aromatic carbocycles. The number of nitrogens with zero attached hydrogens (tertiary/aromatic N) is 6. The van der Waals surface area contributed by atoms with Gasteiger partial charge in [-0.25, -0.2) is 4.98 Å². The standard InChI is InChI=1S/C34H43F3N8O4S/c1-21-5-4-6-44(14-21)15-23-9-25-26(27(10-23)34(35,36)37)16-45(32(25)47)28-11-24(33(17-49-18-33)13-29-42-40-19-43(29)3)12-30(41-28)50-8-7-48-20-39-31(46)22(2)38/h9-12,19,21-22H,4-8,13-18,20,38H2,1-3H3,(H,39,46)/t21-,22-/m0/s1. The molecule has 3 aromatic rings. The molecule has 0 unspecified atom stereocenters. The van der Waals surface area contributed by atoms with Crippen molar-refractivity contribution in [1.29, 1.82) is 0 Å². The maximum absolute atomic E-state index is 14.6. The Morgan fingerprint density at radius 3 is 2.72 bits per heavy atom. The maximum Gasteiger partial charge on any atom is 0.416 e. The Labute approximate surface area is 293 Å². The van der Waals surface area contributed by atoms with Crippen LogP contribution in [0, 0.1) is 5.92 Å². The number of hydrogen-bond acceptors (Lipinski definition) is 10. The number of nitrogens with one attached hydrogen (secondary N) is 1. The zero-order chi connectivity index (χ0) is 35.6. The molecular weight excluding hydrogens is 673 g/mol. The number of nitrogens with two attached hydrogens (primary N) is 1. The highest BCUT2D eigenvalue weighted by Gasteiger charge is 2.44. The summed E-state index contributed by atoms with van der Waals surface area (Å²) in [4.78, 5) is 34.1. The number of ether oxygens (including phenoxy) is 2. The fourth-order valence-electron chi connectivity index (χ4n) is 6.75. The molecule has 270 valence electrons. The number of carbonyl (C=O) groups excluding carboxylic acids is 2. The van der Waals surface area contributed by atoms with E-state index in [0.717, 1.165) is 37.3 Å². The van der Waals surface area contributed by atoms with E-state index in [9.17, 15) is 22.8 Å². The van der Waals surface area contributed by atoms with Crippen molar-refractivity contribution < 1.29 is 32.2 Å². The molecule has 2 fully saturated rings. The van der Waals surface area contributed by atoms with Gasteiger partial charge in [0.15, 0.2) is 0 Å². The van der Waals surface area contributed by atoms with Gasteiger partial charge in [0.1, 0.15) is 24.7 Å². The lowest BCUT2D eigenvalue weighted by Crippen LogP contribution is -2.49. The van der Waals surface area contributed by atoms with Gasteiger partial charge >= 0.3 is 6.18 Å². The molecule has 3 aliphatic heterocycles. The molecule has 16 heteroatoms. The lowest BCUT2D eigenvalue weighted by atomic mass is 9.76. The highest BCUT2D eigenvalue weighted by Crippen LogP contribution is 2.42. The molecule has 2 amide bonds. The molecule has 2 atom stereocenters. The summed E-state index contributed by atoms with van der Waals surface area (Å²) in [5.74, 6) is 1.10. The number of likely N-dealkylation sites (tertiary alicyclic amines) is 1. The monoisotopic (exact) mass is 716 g/mol. The Bertz CT molecular complexity index is 1710. The second kappa shape index (κ2) is 15.0. The topological polar surface area (TPSA) is 141 Å². The van der Waals surface area contributed by atoms with Crippen molar-refractivity contribution in [2.45, 2.75) is 68.9 Å². The van der Waals surface area contributed by atoms with Gasteiger partial charge in [0.25, 0.3) is 5.91 Å². The number of anilines is 1. The van der Waals surface area contributed by atoms with Crippen LogP contribution in [0.15, 0.2) is 35.6 Å². The molecule has 0 saturated carbocycles. The number of rotatable bonds is 13. The van der Waals surface area contributed by atoms with E-state index in [1.807, 2.05) is 17.7 Å². The lowest BCUT2D eigenvalue weighted by Gasteiger charge is -2.42. The normalized spacial score (nSPS) is 19.7. The van der Waals surface area contributed by atoms with Crippen LogP contribution in [0.1, 0.15) is 65.1 Å². The van der Waals surface area contributed by atoms with E-state index in [0.29, 0.717) is 48.4 Å². The second-order valence-corrected chi connectivity index (χ2v) is 14.7. The van der Waals surface area contributed by atoms with Crippen LogP contribution in [0.4, 0.5) is 19.0 Å². The number of pyridine rings is 1. The van der Waals surface area contributed by atoms with Crippen LogP contribution >= 0.6 is 11.8 Å². The van der Waals surface area contributed by atoms with Crippen LogP contribution < -0.4 is 16.0 Å². The van der Waals surface area contributed by atoms with Crippen molar-refractivity contribution in [3.63, 3.8) is 0 Å². The number of aryl methyl sites for hydroxylation is 1. The third-order valence-electron chi connectivity index (χ3n) is 9.53. The minimum absolute atomic E-state index is 0.00134. The quantitative estimate of drug-likeness (QED) is 0.153. The van der Waals surface area contributed by atoms with Crippen molar-refractivity contribution in [2.75, 3.05) is 50.3 Å². The van der Waals surface area contributed by atoms with Crippen LogP contribution in [-0.2, 0) is 52.4 Å². The highest BCUT2D eigenvalue weighted by atomic mass is 32.2. The van der Waals surface area contributed by atoms with E-state index in [-0.39, 0.29) is 42.7 Å². The van der Waals surface area contributed by atoms with E-state index in [1.54, 1.807) is 25.4 Å². The van der Waals surface area contributed by atoms with Crippen LogP contribution in [0.2, 0.25) is 0 Å². The Kier molecular flexibility index (Phi) is 10.8. The van der Waals surface area contributed by atoms with Gasteiger partial charge in [0.2, 0.25) is 5.91 Å². The number of aromatic nitrogens is 4. The largest absolute Gasteiger partial charge is 0.416 e. The first-order valence-corrected chi connectivity index (χ1v) is 17.8. The third kappa shape index (κ3) is 7.99. The molecule has 2 aromatic heterocycles. The van der Waals surface area contributed by atoms with Crippen molar-refractivity contribution in [2.24, 2.45) is 18.7 Å². The van der Waals surface area contributed by atoms with Gasteiger partial charge in [0, 0.05) is 43.3 Å². The Hall–Kier alpha value is -3.57. The summed E-state index contributed by atoms with van der Waals surface area (Å²) in [6, 6.07) is 5.90. The van der Waals surface area contributed by atoms with Crippen LogP contribution in [0.25, 0.3) is 0 Å². The summed E-state index contributed by atoms with van der Waals surface area (Å²) >= 11 is 1.38. The van der Waals surface area contributed by atoms with Crippen molar-refractivity contribution >= 4 is 29.4 Å². The van der Waals surface area contributed by atoms with Gasteiger partial charge in [-0.1, -0.05) is 6.92 Å². The first-order valence-electron chi connectivity index (χ1n) is 16.8. The number of hydrogen-bond donors (Lipinski definition) is 2. The summed E-state index contributed by atoms with van der Waals surface area (Å²) in [6.45, 7) is 6.50. The predicted molar refractivity (Wildman–Crippen MR) is 180 cm³/mol. The smallest absolute Gasteiger partial charge is 0.379 e. The lowest BCUT2D eigenvalue weighted by molar-refractivity contribution is -0.138. The van der Waals surface area contributed by atoms with E-state index < -0.39 is 29.1 Å².